The largest absolute Gasteiger partial charge is 0.463 e. The van der Waals surface area contributed by atoms with Crippen LogP contribution in [0, 0.1) is 80.3 Å². The van der Waals surface area contributed by atoms with Crippen LogP contribution in [0.1, 0.15) is 351 Å². The van der Waals surface area contributed by atoms with Crippen molar-refractivity contribution in [2.75, 3.05) is 13.2 Å². The van der Waals surface area contributed by atoms with Crippen molar-refractivity contribution in [1.29, 1.82) is 0 Å². The smallest absolute Gasteiger partial charge is 0.344 e. The van der Waals surface area contributed by atoms with Gasteiger partial charge in [0.25, 0.3) is 0 Å². The van der Waals surface area contributed by atoms with Crippen LogP contribution >= 0.6 is 0 Å². The lowest BCUT2D eigenvalue weighted by molar-refractivity contribution is -0.333. The Morgan fingerprint density at radius 3 is 1.45 bits per heavy atom. The van der Waals surface area contributed by atoms with Gasteiger partial charge in [-0.1, -0.05) is 61.8 Å². The normalized spacial score (nSPS) is 33.8. The number of fused-ring (bicyclic) bond motifs is 1. The minimum Gasteiger partial charge on any atom is -0.463 e. The highest BCUT2D eigenvalue weighted by Crippen LogP contribution is 2.63. The van der Waals surface area contributed by atoms with E-state index in [0.717, 1.165) is 127 Å². The van der Waals surface area contributed by atoms with Crippen LogP contribution in [0.25, 0.3) is 0 Å². The highest BCUT2D eigenvalue weighted by atomic mass is 16.7. The first-order valence-corrected chi connectivity index (χ1v) is 42.6. The fourth-order valence-electron chi connectivity index (χ4n) is 20.2. The Balaban J connectivity index is 0.000000172. The third-order valence-electron chi connectivity index (χ3n) is 28.1. The van der Waals surface area contributed by atoms with Gasteiger partial charge >= 0.3 is 47.8 Å². The molecule has 9 atom stereocenters. The Morgan fingerprint density at radius 2 is 0.963 bits per heavy atom. The van der Waals surface area contributed by atoms with Crippen molar-refractivity contribution >= 4 is 47.8 Å². The average Bonchev–Trinajstić information content (AvgIpc) is 0.800. The Kier molecular flexibility index (Phi) is 28.7. The van der Waals surface area contributed by atoms with Crippen LogP contribution in [0.3, 0.4) is 0 Å². The van der Waals surface area contributed by atoms with Gasteiger partial charge in [-0.05, 0) is 286 Å². The van der Waals surface area contributed by atoms with E-state index in [4.69, 9.17) is 47.4 Å². The molecule has 12 saturated carbocycles. The van der Waals surface area contributed by atoms with E-state index in [-0.39, 0.29) is 114 Å². The van der Waals surface area contributed by atoms with Crippen molar-refractivity contribution < 1.29 is 95.9 Å². The molecule has 108 heavy (non-hydrogen) atoms. The van der Waals surface area contributed by atoms with Gasteiger partial charge in [0.15, 0.2) is 12.4 Å². The van der Waals surface area contributed by atoms with Gasteiger partial charge in [-0.25, -0.2) is 4.79 Å². The van der Waals surface area contributed by atoms with Crippen LogP contribution in [0.2, 0.25) is 0 Å². The number of aliphatic hydroxyl groups is 2. The molecule has 2 N–H and O–H groups in total. The van der Waals surface area contributed by atoms with Crippen molar-refractivity contribution in [2.45, 2.75) is 415 Å². The summed E-state index contributed by atoms with van der Waals surface area (Å²) < 4.78 is 57.8. The van der Waals surface area contributed by atoms with E-state index >= 15 is 0 Å². The summed E-state index contributed by atoms with van der Waals surface area (Å²) in [6.45, 7) is 41.1. The van der Waals surface area contributed by atoms with Gasteiger partial charge < -0.3 is 57.6 Å². The molecule has 3 saturated heterocycles. The molecule has 0 radical (unpaired) electrons. The molecule has 12 aliphatic carbocycles. The first-order valence-electron chi connectivity index (χ1n) is 42.6. The number of hydrogen-bond acceptors (Lipinski definition) is 20. The molecule has 9 unspecified atom stereocenters. The average molecular weight is 1520 g/mol. The molecule has 15 aliphatic rings. The van der Waals surface area contributed by atoms with E-state index in [0.29, 0.717) is 62.2 Å². The van der Waals surface area contributed by atoms with Crippen molar-refractivity contribution in [2.24, 2.45) is 80.3 Å². The molecule has 15 fully saturated rings. The van der Waals surface area contributed by atoms with Crippen LogP contribution in [0.15, 0.2) is 0 Å². The predicted octanol–water partition coefficient (Wildman–Crippen LogP) is 17.4. The molecule has 20 heteroatoms. The van der Waals surface area contributed by atoms with E-state index in [2.05, 4.69) is 27.7 Å². The van der Waals surface area contributed by atoms with Crippen LogP contribution in [-0.4, -0.2) is 135 Å². The molecule has 0 aromatic rings. The van der Waals surface area contributed by atoms with E-state index < -0.39 is 62.5 Å². The van der Waals surface area contributed by atoms with Crippen LogP contribution in [0.4, 0.5) is 0 Å². The van der Waals surface area contributed by atoms with Gasteiger partial charge in [0, 0.05) is 44.4 Å². The second-order valence-corrected chi connectivity index (χ2v) is 40.4. The van der Waals surface area contributed by atoms with Crippen LogP contribution in [0.5, 0.6) is 0 Å². The number of ether oxygens (including phenoxy) is 10. The minimum absolute atomic E-state index is 0.0197. The molecule has 15 rings (SSSR count). The minimum atomic E-state index is -0.842. The topological polar surface area (TPSA) is 269 Å². The third-order valence-corrected chi connectivity index (χ3v) is 28.1. The lowest BCUT2D eigenvalue weighted by Gasteiger charge is -2.62. The van der Waals surface area contributed by atoms with Gasteiger partial charge in [-0.3, -0.25) is 33.6 Å². The number of esters is 8. The monoisotopic (exact) mass is 1520 g/mol. The second-order valence-electron chi connectivity index (χ2n) is 40.4. The van der Waals surface area contributed by atoms with Gasteiger partial charge in [0.05, 0.1) is 62.8 Å². The first kappa shape index (κ1) is 89.2. The van der Waals surface area contributed by atoms with Gasteiger partial charge in [0.1, 0.15) is 41.2 Å². The SMILES string of the molecule is CCC(C)(C)C(=O)OC1(C(C)C)C2CC3CC(C2)CC1C3.CCC(C)(C)C(=O)OC12CC3CC(O)(CC(O)(C3)C1)C2.CCC(C)(C)C(=O)OCC(=O)OC1C2CC3CC(C2)C(=O)OC1C3.CCC(C)(C)C(=O)OCC1CC(CC(=O)OC(C)(C)C)OC2(CCCCC2)O1.CCC1(OC(=O)C(C)(C)CC)CCCC1. The van der Waals surface area contributed by atoms with Crippen molar-refractivity contribution in [3.05, 3.63) is 0 Å². The number of hydrogen-bond donors (Lipinski definition) is 2. The molecular weight excluding hydrogens is 1380 g/mol. The first-order chi connectivity index (χ1) is 50.1. The molecule has 1 spiro atoms. The summed E-state index contributed by atoms with van der Waals surface area (Å²) in [7, 11) is 0. The highest BCUT2D eigenvalue weighted by molar-refractivity contribution is 5.80. The van der Waals surface area contributed by atoms with E-state index in [9.17, 15) is 48.6 Å². The Labute approximate surface area is 648 Å². The maximum Gasteiger partial charge on any atom is 0.344 e. The summed E-state index contributed by atoms with van der Waals surface area (Å²) >= 11 is 0. The summed E-state index contributed by atoms with van der Waals surface area (Å²) in [5.41, 5.74) is -5.47. The molecule has 0 aromatic carbocycles. The quantitative estimate of drug-likeness (QED) is 0.0753. The fourth-order valence-corrected chi connectivity index (χ4v) is 20.2. The number of carbonyl (C=O) groups excluding carboxylic acids is 8. The zero-order chi connectivity index (χ0) is 80.2. The highest BCUT2D eigenvalue weighted by Gasteiger charge is 2.66. The van der Waals surface area contributed by atoms with Gasteiger partial charge in [-0.2, -0.15) is 0 Å². The summed E-state index contributed by atoms with van der Waals surface area (Å²) in [6.07, 6.45) is 27.2. The maximum absolute atomic E-state index is 12.8. The standard InChI is InChI=1S/C22H38O6.C19H32O2.C18H26O6.C16H26O4.C13H24O2/c1-7-21(5,6)19(24)25-15-17-13-16(14-18(23)28-20(2,3)4)26-22(27-17)11-9-8-10-12-22;1-6-18(4,5)17(20)21-19(12(2)3)15-8-13-7-14(10-15)11-16(19)9-13;1-4-18(2,3)17(21)22-9-14(19)24-15-11-5-10-6-12(8-11)16(20)23-13(15)7-10;1-4-13(2,3)12(17)20-16-7-11-5-14(18,9-16)8-15(19,6-11)10-16;1-5-12(3,4)11(14)15-13(6-2)9-7-8-10-13/h16-17H,7-15H2,1-6H3;12-16H,6-11H2,1-5H3;10-13,15H,4-9H2,1-3H3;11,18-19H,4-10H2,1-3H3;5-10H2,1-4H3. The Bertz CT molecular complexity index is 3050. The zero-order valence-electron chi connectivity index (χ0n) is 70.8. The third kappa shape index (κ3) is 21.7. The summed E-state index contributed by atoms with van der Waals surface area (Å²) in [5, 5.41) is 21.3. The molecule has 12 bridgehead atoms. The number of carbonyl (C=O) groups is 8. The molecule has 0 aromatic heterocycles. The number of rotatable bonds is 22. The van der Waals surface area contributed by atoms with Crippen molar-refractivity contribution in [3.8, 4) is 0 Å². The summed E-state index contributed by atoms with van der Waals surface area (Å²) in [6, 6.07) is 0. The lowest BCUT2D eigenvalue weighted by Crippen LogP contribution is -2.67. The fraction of sp³-hybridized carbons (Fsp3) is 0.909. The molecule has 618 valence electrons. The van der Waals surface area contributed by atoms with Crippen LogP contribution in [-0.2, 0) is 85.7 Å². The van der Waals surface area contributed by atoms with Crippen molar-refractivity contribution in [1.82, 2.24) is 0 Å². The van der Waals surface area contributed by atoms with E-state index in [1.165, 1.54) is 44.9 Å². The predicted molar refractivity (Wildman–Crippen MR) is 410 cm³/mol. The molecule has 0 amide bonds. The summed E-state index contributed by atoms with van der Waals surface area (Å²) in [5.74, 6) is 1.92. The second kappa shape index (κ2) is 34.7. The Hall–Kier alpha value is -4.40. The maximum atomic E-state index is 12.8. The van der Waals surface area contributed by atoms with Crippen LogP contribution < -0.4 is 0 Å². The van der Waals surface area contributed by atoms with E-state index in [1.54, 1.807) is 13.8 Å². The van der Waals surface area contributed by atoms with Gasteiger partial charge in [0.2, 0.25) is 0 Å². The Morgan fingerprint density at radius 1 is 0.491 bits per heavy atom. The molecule has 20 nitrogen and oxygen atoms in total. The lowest BCUT2D eigenvalue weighted by atomic mass is 9.47. The molecule has 3 aliphatic heterocycles. The zero-order valence-corrected chi connectivity index (χ0v) is 70.8. The van der Waals surface area contributed by atoms with Crippen molar-refractivity contribution in [3.63, 3.8) is 0 Å². The molecule has 3 heterocycles. The summed E-state index contributed by atoms with van der Waals surface area (Å²) in [4.78, 5) is 97.9. The van der Waals surface area contributed by atoms with E-state index in [1.807, 2.05) is 104 Å². The van der Waals surface area contributed by atoms with Gasteiger partial charge in [-0.15, -0.1) is 0 Å². The molecular formula is C88H146O20.